The molecule has 3 unspecified atom stereocenters. The van der Waals surface area contributed by atoms with E-state index in [-0.39, 0.29) is 12.0 Å². The summed E-state index contributed by atoms with van der Waals surface area (Å²) in [5.74, 6) is 0.233. The van der Waals surface area contributed by atoms with E-state index in [0.717, 1.165) is 45.7 Å². The molecular weight excluding hydrogens is 342 g/mol. The molecule has 6 nitrogen and oxygen atoms in total. The highest BCUT2D eigenvalue weighted by Crippen LogP contribution is 2.23. The van der Waals surface area contributed by atoms with Gasteiger partial charge in [0.15, 0.2) is 0 Å². The number of ether oxygens (including phenoxy) is 1. The van der Waals surface area contributed by atoms with Crippen LogP contribution in [0, 0.1) is 5.92 Å². The molecule has 1 rings (SSSR count). The normalized spacial score (nSPS) is 24.7. The number of aliphatic hydroxyl groups is 2. The van der Waals surface area contributed by atoms with Crippen LogP contribution < -0.4 is 0 Å². The largest absolute Gasteiger partial charge is 0.388 e. The Balaban J connectivity index is 2.84. The van der Waals surface area contributed by atoms with Crippen LogP contribution >= 0.6 is 0 Å². The lowest BCUT2D eigenvalue weighted by atomic mass is 9.87. The second kappa shape index (κ2) is 11.1. The fraction of sp³-hybridized carbons (Fsp3) is 1.00. The molecule has 0 radical (unpaired) electrons. The van der Waals surface area contributed by atoms with Gasteiger partial charge in [-0.3, -0.25) is 9.80 Å². The van der Waals surface area contributed by atoms with Gasteiger partial charge in [0, 0.05) is 59.5 Å². The van der Waals surface area contributed by atoms with Crippen LogP contribution in [0.2, 0.25) is 0 Å². The van der Waals surface area contributed by atoms with Gasteiger partial charge in [-0.15, -0.1) is 0 Å². The van der Waals surface area contributed by atoms with Crippen molar-refractivity contribution in [1.82, 2.24) is 14.7 Å². The number of hydrogen-bond acceptors (Lipinski definition) is 6. The molecule has 0 saturated carbocycles. The van der Waals surface area contributed by atoms with Crippen LogP contribution in [0.1, 0.15) is 47.5 Å². The van der Waals surface area contributed by atoms with Gasteiger partial charge in [-0.05, 0) is 32.7 Å². The lowest BCUT2D eigenvalue weighted by molar-refractivity contribution is -0.103. The Morgan fingerprint density at radius 3 is 1.59 bits per heavy atom. The van der Waals surface area contributed by atoms with Crippen LogP contribution in [0.25, 0.3) is 0 Å². The van der Waals surface area contributed by atoms with Crippen molar-refractivity contribution in [3.63, 3.8) is 0 Å². The Bertz CT molecular complexity index is 423. The van der Waals surface area contributed by atoms with Gasteiger partial charge >= 0.3 is 0 Å². The average molecular weight is 388 g/mol. The third-order valence-electron chi connectivity index (χ3n) is 6.73. The van der Waals surface area contributed by atoms with Gasteiger partial charge in [0.25, 0.3) is 0 Å². The highest BCUT2D eigenvalue weighted by molar-refractivity contribution is 4.89. The van der Waals surface area contributed by atoms with Gasteiger partial charge in [-0.2, -0.15) is 0 Å². The van der Waals surface area contributed by atoms with Crippen molar-refractivity contribution in [2.45, 2.75) is 64.8 Å². The number of β-amino-alcohol motifs (C(OH)–C–C–N with tert-alkyl or cyclic N) is 2. The van der Waals surface area contributed by atoms with Gasteiger partial charge in [-0.1, -0.05) is 27.7 Å². The third kappa shape index (κ3) is 7.26. The molecule has 0 aromatic heterocycles. The summed E-state index contributed by atoms with van der Waals surface area (Å²) in [7, 11) is 3.82. The van der Waals surface area contributed by atoms with Crippen LogP contribution in [-0.4, -0.2) is 109 Å². The Kier molecular flexibility index (Phi) is 10.2. The van der Waals surface area contributed by atoms with Gasteiger partial charge in [0.1, 0.15) is 5.60 Å². The van der Waals surface area contributed by atoms with E-state index < -0.39 is 11.2 Å². The number of methoxy groups -OCH3 is 1. The van der Waals surface area contributed by atoms with Crippen LogP contribution in [0.4, 0.5) is 0 Å². The van der Waals surface area contributed by atoms with E-state index in [1.807, 2.05) is 13.8 Å². The zero-order chi connectivity index (χ0) is 20.7. The molecule has 162 valence electrons. The minimum absolute atomic E-state index is 0.199. The molecule has 0 bridgehead atoms. The Morgan fingerprint density at radius 1 is 0.815 bits per heavy atom. The minimum atomic E-state index is -0.839. The molecule has 0 aliphatic carbocycles. The number of likely N-dealkylation sites (N-methyl/N-ethyl adjacent to an activating group) is 1. The first-order valence-corrected chi connectivity index (χ1v) is 10.7. The number of nitrogens with zero attached hydrogens (tertiary/aromatic N) is 3. The Hall–Kier alpha value is -0.240. The van der Waals surface area contributed by atoms with Crippen LogP contribution in [0.5, 0.6) is 0 Å². The molecule has 1 aliphatic rings. The van der Waals surface area contributed by atoms with Gasteiger partial charge in [-0.25, -0.2) is 0 Å². The maximum absolute atomic E-state index is 11.1. The molecule has 1 saturated heterocycles. The summed E-state index contributed by atoms with van der Waals surface area (Å²) in [6.07, 6.45) is 1.23. The molecule has 1 fully saturated rings. The van der Waals surface area contributed by atoms with Crippen molar-refractivity contribution in [2.75, 3.05) is 66.5 Å². The van der Waals surface area contributed by atoms with E-state index in [1.54, 1.807) is 7.11 Å². The Labute approximate surface area is 167 Å². The monoisotopic (exact) mass is 387 g/mol. The molecule has 2 N–H and O–H groups in total. The van der Waals surface area contributed by atoms with E-state index in [2.05, 4.69) is 42.5 Å². The first-order valence-electron chi connectivity index (χ1n) is 10.7. The SMILES string of the molecule is CCC(O)(CN1CCN(C)CCN(CC(O)(CC)C(C)OC)CC1)C(C)C. The minimum Gasteiger partial charge on any atom is -0.388 e. The van der Waals surface area contributed by atoms with Crippen molar-refractivity contribution < 1.29 is 14.9 Å². The summed E-state index contributed by atoms with van der Waals surface area (Å²) in [6.45, 7) is 17.2. The van der Waals surface area contributed by atoms with Gasteiger partial charge < -0.3 is 19.8 Å². The summed E-state index contributed by atoms with van der Waals surface area (Å²) in [4.78, 5) is 7.09. The average Bonchev–Trinajstić information content (AvgIpc) is 2.73. The molecular formula is C21H45N3O3. The predicted molar refractivity (Wildman–Crippen MR) is 112 cm³/mol. The molecule has 0 amide bonds. The third-order valence-corrected chi connectivity index (χ3v) is 6.73. The summed E-state index contributed by atoms with van der Waals surface area (Å²) < 4.78 is 5.45. The zero-order valence-corrected chi connectivity index (χ0v) is 18.9. The molecule has 0 aromatic rings. The summed E-state index contributed by atoms with van der Waals surface area (Å²) >= 11 is 0. The van der Waals surface area contributed by atoms with E-state index in [4.69, 9.17) is 4.74 Å². The fourth-order valence-corrected chi connectivity index (χ4v) is 3.78. The second-order valence-electron chi connectivity index (χ2n) is 8.80. The van der Waals surface area contributed by atoms with Crippen molar-refractivity contribution in [3.8, 4) is 0 Å². The molecule has 0 aromatic carbocycles. The van der Waals surface area contributed by atoms with E-state index in [9.17, 15) is 10.2 Å². The maximum Gasteiger partial charge on any atom is 0.103 e. The van der Waals surface area contributed by atoms with Crippen molar-refractivity contribution in [1.29, 1.82) is 0 Å². The molecule has 0 spiro atoms. The first kappa shape index (κ1) is 24.8. The molecule has 6 heteroatoms. The molecule has 3 atom stereocenters. The Morgan fingerprint density at radius 2 is 1.22 bits per heavy atom. The van der Waals surface area contributed by atoms with E-state index in [1.165, 1.54) is 0 Å². The second-order valence-corrected chi connectivity index (χ2v) is 8.80. The van der Waals surface area contributed by atoms with Crippen molar-refractivity contribution in [2.24, 2.45) is 5.92 Å². The molecule has 1 heterocycles. The van der Waals surface area contributed by atoms with Gasteiger partial charge in [0.05, 0.1) is 11.7 Å². The van der Waals surface area contributed by atoms with E-state index in [0.29, 0.717) is 19.5 Å². The zero-order valence-electron chi connectivity index (χ0n) is 18.9. The summed E-state index contributed by atoms with van der Waals surface area (Å²) in [5, 5.41) is 22.1. The van der Waals surface area contributed by atoms with Crippen molar-refractivity contribution in [3.05, 3.63) is 0 Å². The van der Waals surface area contributed by atoms with Crippen LogP contribution in [0.15, 0.2) is 0 Å². The maximum atomic E-state index is 11.1. The van der Waals surface area contributed by atoms with Crippen molar-refractivity contribution >= 4 is 0 Å². The number of rotatable bonds is 9. The van der Waals surface area contributed by atoms with E-state index >= 15 is 0 Å². The fourth-order valence-electron chi connectivity index (χ4n) is 3.78. The summed E-state index contributed by atoms with van der Waals surface area (Å²) in [5.41, 5.74) is -1.49. The topological polar surface area (TPSA) is 59.4 Å². The number of hydrogen-bond donors (Lipinski definition) is 2. The lowest BCUT2D eigenvalue weighted by Crippen LogP contribution is -2.53. The highest BCUT2D eigenvalue weighted by Gasteiger charge is 2.35. The van der Waals surface area contributed by atoms with Crippen LogP contribution in [-0.2, 0) is 4.74 Å². The molecule has 27 heavy (non-hydrogen) atoms. The predicted octanol–water partition coefficient (Wildman–Crippen LogP) is 1.51. The quantitative estimate of drug-likeness (QED) is 0.625. The molecule has 1 aliphatic heterocycles. The summed E-state index contributed by atoms with van der Waals surface area (Å²) in [6, 6.07) is 0. The van der Waals surface area contributed by atoms with Crippen LogP contribution in [0.3, 0.4) is 0 Å². The van der Waals surface area contributed by atoms with Gasteiger partial charge in [0.2, 0.25) is 0 Å². The lowest BCUT2D eigenvalue weighted by Gasteiger charge is -2.39. The highest BCUT2D eigenvalue weighted by atomic mass is 16.5. The first-order chi connectivity index (χ1) is 12.6. The smallest absolute Gasteiger partial charge is 0.103 e. The standard InChI is InChI=1S/C21H45N3O3/c1-8-20(25,18(3)4)16-23-12-10-22(6)11-13-24(15-14-23)17-21(26,9-2)19(5)27-7/h18-19,25-26H,8-17H2,1-7H3.